The van der Waals surface area contributed by atoms with Crippen molar-refractivity contribution in [3.05, 3.63) is 65.2 Å². The van der Waals surface area contributed by atoms with E-state index in [9.17, 15) is 9.59 Å². The van der Waals surface area contributed by atoms with Crippen LogP contribution in [0.3, 0.4) is 0 Å². The third-order valence-electron chi connectivity index (χ3n) is 4.59. The van der Waals surface area contributed by atoms with Crippen LogP contribution in [0.1, 0.15) is 36.5 Å². The molecular weight excluding hydrogens is 368 g/mol. The minimum atomic E-state index is -0.113. The first-order chi connectivity index (χ1) is 13.5. The average molecular weight is 399 g/mol. The Morgan fingerprint density at radius 1 is 1.00 bits per heavy atom. The van der Waals surface area contributed by atoms with E-state index in [2.05, 4.69) is 22.8 Å². The number of rotatable bonds is 10. The van der Waals surface area contributed by atoms with Crippen molar-refractivity contribution in [2.45, 2.75) is 45.3 Å². The Morgan fingerprint density at radius 3 is 2.36 bits per heavy atom. The summed E-state index contributed by atoms with van der Waals surface area (Å²) in [5.74, 6) is 0.867. The number of para-hydroxylation sites is 1. The van der Waals surface area contributed by atoms with Crippen molar-refractivity contribution in [2.75, 3.05) is 17.6 Å². The molecule has 0 radical (unpaired) electrons. The van der Waals surface area contributed by atoms with Crippen molar-refractivity contribution in [3.8, 4) is 0 Å². The van der Waals surface area contributed by atoms with E-state index in [0.717, 1.165) is 35.4 Å². The van der Waals surface area contributed by atoms with Gasteiger partial charge in [-0.1, -0.05) is 48.5 Å². The number of hydrogen-bond donors (Lipinski definition) is 2. The van der Waals surface area contributed by atoms with Gasteiger partial charge in [-0.05, 0) is 56.1 Å². The molecule has 0 bridgehead atoms. The largest absolute Gasteiger partial charge is 0.355 e. The summed E-state index contributed by atoms with van der Waals surface area (Å²) in [6.45, 7) is 6.55. The van der Waals surface area contributed by atoms with Gasteiger partial charge in [0.05, 0.1) is 5.25 Å². The molecule has 2 rings (SSSR count). The predicted octanol–water partition coefficient (Wildman–Crippen LogP) is 4.50. The van der Waals surface area contributed by atoms with E-state index in [4.69, 9.17) is 0 Å². The lowest BCUT2D eigenvalue weighted by Gasteiger charge is -2.13. The van der Waals surface area contributed by atoms with Crippen LogP contribution >= 0.6 is 11.8 Å². The zero-order valence-corrected chi connectivity index (χ0v) is 17.8. The number of hydrogen-bond acceptors (Lipinski definition) is 3. The maximum Gasteiger partial charge on any atom is 0.232 e. The third kappa shape index (κ3) is 7.39. The topological polar surface area (TPSA) is 58.2 Å². The molecule has 2 amide bonds. The second kappa shape index (κ2) is 11.5. The molecule has 2 aromatic carbocycles. The molecule has 5 heteroatoms. The monoisotopic (exact) mass is 398 g/mol. The van der Waals surface area contributed by atoms with Crippen molar-refractivity contribution >= 4 is 29.3 Å². The number of nitrogens with one attached hydrogen (secondary N) is 2. The normalized spacial score (nSPS) is 11.7. The van der Waals surface area contributed by atoms with Gasteiger partial charge >= 0.3 is 0 Å². The SMILES string of the molecule is Cc1cccc(C)c1NC(=O)CCCSC(C)C(=O)NCCc1ccccc1. The first kappa shape index (κ1) is 22.0. The lowest BCUT2D eigenvalue weighted by Crippen LogP contribution is -2.32. The number of amides is 2. The maximum atomic E-state index is 12.2. The van der Waals surface area contributed by atoms with E-state index < -0.39 is 0 Å². The average Bonchev–Trinajstić information content (AvgIpc) is 2.68. The lowest BCUT2D eigenvalue weighted by molar-refractivity contribution is -0.120. The molecule has 28 heavy (non-hydrogen) atoms. The minimum Gasteiger partial charge on any atom is -0.355 e. The van der Waals surface area contributed by atoms with Crippen LogP contribution in [0, 0.1) is 13.8 Å². The highest BCUT2D eigenvalue weighted by molar-refractivity contribution is 8.00. The number of anilines is 1. The molecule has 0 saturated carbocycles. The highest BCUT2D eigenvalue weighted by atomic mass is 32.2. The van der Waals surface area contributed by atoms with Crippen LogP contribution < -0.4 is 10.6 Å². The van der Waals surface area contributed by atoms with Gasteiger partial charge in [-0.2, -0.15) is 0 Å². The van der Waals surface area contributed by atoms with Crippen molar-refractivity contribution in [3.63, 3.8) is 0 Å². The van der Waals surface area contributed by atoms with Gasteiger partial charge in [0.15, 0.2) is 0 Å². The standard InChI is InChI=1S/C23H30N2O2S/c1-17-9-7-10-18(2)22(17)25-21(26)13-8-16-28-19(3)23(27)24-15-14-20-11-5-4-6-12-20/h4-7,9-12,19H,8,13-16H2,1-3H3,(H,24,27)(H,25,26). The van der Waals surface area contributed by atoms with Gasteiger partial charge in [-0.25, -0.2) is 0 Å². The predicted molar refractivity (Wildman–Crippen MR) is 119 cm³/mol. The van der Waals surface area contributed by atoms with Crippen LogP contribution in [-0.2, 0) is 16.0 Å². The summed E-state index contributed by atoms with van der Waals surface area (Å²) in [6.07, 6.45) is 2.05. The van der Waals surface area contributed by atoms with Gasteiger partial charge in [0.1, 0.15) is 0 Å². The molecule has 0 fully saturated rings. The molecule has 0 saturated heterocycles. The summed E-state index contributed by atoms with van der Waals surface area (Å²) >= 11 is 1.59. The van der Waals surface area contributed by atoms with Gasteiger partial charge in [0.2, 0.25) is 11.8 Å². The van der Waals surface area contributed by atoms with E-state index in [-0.39, 0.29) is 17.1 Å². The van der Waals surface area contributed by atoms with Crippen LogP contribution in [-0.4, -0.2) is 29.4 Å². The minimum absolute atomic E-state index is 0.0259. The lowest BCUT2D eigenvalue weighted by atomic mass is 10.1. The summed E-state index contributed by atoms with van der Waals surface area (Å²) in [5, 5.41) is 5.88. The molecule has 0 aromatic heterocycles. The Balaban J connectivity index is 1.61. The summed E-state index contributed by atoms with van der Waals surface area (Å²) in [7, 11) is 0. The Bertz CT molecular complexity index is 757. The van der Waals surface area contributed by atoms with Crippen molar-refractivity contribution in [2.24, 2.45) is 0 Å². The maximum absolute atomic E-state index is 12.2. The number of carbonyl (C=O) groups excluding carboxylic acids is 2. The Hall–Kier alpha value is -2.27. The molecule has 0 spiro atoms. The van der Waals surface area contributed by atoms with Crippen molar-refractivity contribution in [1.29, 1.82) is 0 Å². The molecule has 2 N–H and O–H groups in total. The van der Waals surface area contributed by atoms with Crippen LogP contribution in [0.15, 0.2) is 48.5 Å². The van der Waals surface area contributed by atoms with Crippen molar-refractivity contribution in [1.82, 2.24) is 5.32 Å². The molecule has 4 nitrogen and oxygen atoms in total. The van der Waals surface area contributed by atoms with Gasteiger partial charge in [-0.15, -0.1) is 11.8 Å². The molecule has 0 aliphatic rings. The highest BCUT2D eigenvalue weighted by Crippen LogP contribution is 2.20. The number of benzene rings is 2. The van der Waals surface area contributed by atoms with Crippen LogP contribution in [0.2, 0.25) is 0 Å². The number of aryl methyl sites for hydroxylation is 2. The summed E-state index contributed by atoms with van der Waals surface area (Å²) in [4.78, 5) is 24.3. The molecular formula is C23H30N2O2S. The Morgan fingerprint density at radius 2 is 1.68 bits per heavy atom. The number of carbonyl (C=O) groups is 2. The van der Waals surface area contributed by atoms with Crippen LogP contribution in [0.5, 0.6) is 0 Å². The zero-order valence-electron chi connectivity index (χ0n) is 17.0. The first-order valence-corrected chi connectivity index (χ1v) is 10.8. The van der Waals surface area contributed by atoms with Gasteiger partial charge in [-0.3, -0.25) is 9.59 Å². The van der Waals surface area contributed by atoms with E-state index in [0.29, 0.717) is 13.0 Å². The van der Waals surface area contributed by atoms with E-state index in [1.807, 2.05) is 57.2 Å². The molecule has 150 valence electrons. The third-order valence-corrected chi connectivity index (χ3v) is 5.82. The van der Waals surface area contributed by atoms with E-state index in [1.165, 1.54) is 5.56 Å². The van der Waals surface area contributed by atoms with E-state index in [1.54, 1.807) is 11.8 Å². The molecule has 1 unspecified atom stereocenters. The van der Waals surface area contributed by atoms with Crippen molar-refractivity contribution < 1.29 is 9.59 Å². The Kier molecular flexibility index (Phi) is 9.08. The second-order valence-corrected chi connectivity index (χ2v) is 8.41. The highest BCUT2D eigenvalue weighted by Gasteiger charge is 2.13. The summed E-state index contributed by atoms with van der Waals surface area (Å²) in [6, 6.07) is 16.1. The molecule has 0 heterocycles. The Labute approximate surface area is 172 Å². The van der Waals surface area contributed by atoms with Crippen LogP contribution in [0.25, 0.3) is 0 Å². The van der Waals surface area contributed by atoms with Crippen LogP contribution in [0.4, 0.5) is 5.69 Å². The summed E-state index contributed by atoms with van der Waals surface area (Å²) < 4.78 is 0. The fourth-order valence-electron chi connectivity index (χ4n) is 2.90. The van der Waals surface area contributed by atoms with Gasteiger partial charge in [0.25, 0.3) is 0 Å². The fourth-order valence-corrected chi connectivity index (χ4v) is 3.80. The fraction of sp³-hybridized carbons (Fsp3) is 0.391. The number of thioether (sulfide) groups is 1. The van der Waals surface area contributed by atoms with Gasteiger partial charge in [0, 0.05) is 18.7 Å². The smallest absolute Gasteiger partial charge is 0.232 e. The second-order valence-electron chi connectivity index (χ2n) is 6.96. The molecule has 1 atom stereocenters. The van der Waals surface area contributed by atoms with Gasteiger partial charge < -0.3 is 10.6 Å². The quantitative estimate of drug-likeness (QED) is 0.579. The molecule has 0 aliphatic heterocycles. The zero-order chi connectivity index (χ0) is 20.4. The summed E-state index contributed by atoms with van der Waals surface area (Å²) in [5.41, 5.74) is 4.27. The van der Waals surface area contributed by atoms with E-state index >= 15 is 0 Å². The first-order valence-electron chi connectivity index (χ1n) is 9.76. The molecule has 0 aliphatic carbocycles. The molecule has 2 aromatic rings.